The van der Waals surface area contributed by atoms with E-state index >= 15 is 0 Å². The highest BCUT2D eigenvalue weighted by Crippen LogP contribution is 2.31. The van der Waals surface area contributed by atoms with Gasteiger partial charge in [-0.15, -0.1) is 0 Å². The van der Waals surface area contributed by atoms with E-state index in [-0.39, 0.29) is 5.91 Å². The first-order valence-corrected chi connectivity index (χ1v) is 7.64. The minimum absolute atomic E-state index is 0.305. The fraction of sp³-hybridized carbons (Fsp3) is 0.333. The van der Waals surface area contributed by atoms with Crippen LogP contribution in [0.3, 0.4) is 0 Å². The Morgan fingerprint density at radius 2 is 2.00 bits per heavy atom. The zero-order valence-electron chi connectivity index (χ0n) is 12.7. The number of rotatable bonds is 3. The monoisotopic (exact) mass is 296 g/mol. The van der Waals surface area contributed by atoms with Crippen molar-refractivity contribution < 1.29 is 9.90 Å². The van der Waals surface area contributed by atoms with Crippen LogP contribution >= 0.6 is 0 Å². The van der Waals surface area contributed by atoms with Crippen LogP contribution in [0.25, 0.3) is 11.3 Å². The fourth-order valence-corrected chi connectivity index (χ4v) is 2.93. The molecule has 22 heavy (non-hydrogen) atoms. The van der Waals surface area contributed by atoms with Gasteiger partial charge in [0, 0.05) is 17.4 Å². The van der Waals surface area contributed by atoms with E-state index in [1.165, 1.54) is 0 Å². The first kappa shape index (κ1) is 14.7. The third kappa shape index (κ3) is 2.88. The Morgan fingerprint density at radius 3 is 2.68 bits per heavy atom. The van der Waals surface area contributed by atoms with Crippen molar-refractivity contribution in [1.29, 1.82) is 0 Å². The lowest BCUT2D eigenvalue weighted by Gasteiger charge is -2.21. The van der Waals surface area contributed by atoms with Crippen molar-refractivity contribution in [3.63, 3.8) is 0 Å². The molecule has 0 atom stereocenters. The molecule has 1 amide bonds. The van der Waals surface area contributed by atoms with Crippen LogP contribution in [0.2, 0.25) is 0 Å². The predicted octanol–water partition coefficient (Wildman–Crippen LogP) is 3.30. The van der Waals surface area contributed by atoms with E-state index in [2.05, 4.69) is 10.3 Å². The average Bonchev–Trinajstić information content (AvgIpc) is 2.98. The maximum absolute atomic E-state index is 12.3. The van der Waals surface area contributed by atoms with Crippen LogP contribution in [0.1, 0.15) is 31.2 Å². The van der Waals surface area contributed by atoms with Gasteiger partial charge in [-0.2, -0.15) is 0 Å². The van der Waals surface area contributed by atoms with E-state index in [0.29, 0.717) is 18.5 Å². The molecule has 2 N–H and O–H groups in total. The van der Waals surface area contributed by atoms with Gasteiger partial charge in [0.15, 0.2) is 0 Å². The van der Waals surface area contributed by atoms with Crippen molar-refractivity contribution in [3.8, 4) is 11.3 Å². The molecule has 2 aromatic rings. The van der Waals surface area contributed by atoms with Crippen LogP contribution in [0.5, 0.6) is 0 Å². The number of amides is 1. The van der Waals surface area contributed by atoms with Crippen LogP contribution < -0.4 is 5.32 Å². The van der Waals surface area contributed by atoms with Crippen LogP contribution in [0.15, 0.2) is 42.6 Å². The molecular weight excluding hydrogens is 276 g/mol. The summed E-state index contributed by atoms with van der Waals surface area (Å²) in [6.45, 7) is 2.01. The number of benzene rings is 1. The van der Waals surface area contributed by atoms with E-state index in [1.54, 1.807) is 6.20 Å². The van der Waals surface area contributed by atoms with E-state index in [1.807, 2.05) is 43.3 Å². The molecule has 1 saturated carbocycles. The van der Waals surface area contributed by atoms with E-state index < -0.39 is 5.60 Å². The molecule has 4 heteroatoms. The highest BCUT2D eigenvalue weighted by atomic mass is 16.3. The summed E-state index contributed by atoms with van der Waals surface area (Å²) in [4.78, 5) is 16.7. The lowest BCUT2D eigenvalue weighted by atomic mass is 10.0. The quantitative estimate of drug-likeness (QED) is 0.913. The summed E-state index contributed by atoms with van der Waals surface area (Å²) < 4.78 is 0. The van der Waals surface area contributed by atoms with Crippen molar-refractivity contribution >= 4 is 11.6 Å². The van der Waals surface area contributed by atoms with Crippen molar-refractivity contribution in [3.05, 3.63) is 48.2 Å². The minimum atomic E-state index is -1.21. The number of aliphatic hydroxyl groups is 1. The maximum Gasteiger partial charge on any atom is 0.256 e. The van der Waals surface area contributed by atoms with Gasteiger partial charge in [-0.1, -0.05) is 12.1 Å². The SMILES string of the molecule is Cc1ccc(NC(=O)C2(O)CCCC2)cc1-c1ccccn1. The number of carbonyl (C=O) groups excluding carboxylic acids is 1. The number of hydrogen-bond donors (Lipinski definition) is 2. The number of anilines is 1. The van der Waals surface area contributed by atoms with Crippen LogP contribution in [-0.4, -0.2) is 21.6 Å². The lowest BCUT2D eigenvalue weighted by Crippen LogP contribution is -2.40. The van der Waals surface area contributed by atoms with Gasteiger partial charge in [-0.3, -0.25) is 9.78 Å². The van der Waals surface area contributed by atoms with Gasteiger partial charge in [0.25, 0.3) is 5.91 Å². The largest absolute Gasteiger partial charge is 0.380 e. The second kappa shape index (κ2) is 5.89. The molecule has 114 valence electrons. The van der Waals surface area contributed by atoms with Crippen molar-refractivity contribution in [1.82, 2.24) is 4.98 Å². The Labute approximate surface area is 130 Å². The molecule has 1 aromatic heterocycles. The first-order chi connectivity index (χ1) is 10.6. The average molecular weight is 296 g/mol. The first-order valence-electron chi connectivity index (χ1n) is 7.64. The zero-order chi connectivity index (χ0) is 15.6. The number of nitrogens with zero attached hydrogens (tertiary/aromatic N) is 1. The summed E-state index contributed by atoms with van der Waals surface area (Å²) in [5.41, 5.74) is 2.43. The second-order valence-electron chi connectivity index (χ2n) is 5.94. The number of pyridine rings is 1. The summed E-state index contributed by atoms with van der Waals surface area (Å²) in [6.07, 6.45) is 4.63. The fourth-order valence-electron chi connectivity index (χ4n) is 2.93. The van der Waals surface area contributed by atoms with Crippen LogP contribution in [-0.2, 0) is 4.79 Å². The molecule has 1 fully saturated rings. The molecule has 0 aliphatic heterocycles. The zero-order valence-corrected chi connectivity index (χ0v) is 12.7. The van der Waals surface area contributed by atoms with E-state index in [4.69, 9.17) is 0 Å². The van der Waals surface area contributed by atoms with Gasteiger partial charge >= 0.3 is 0 Å². The van der Waals surface area contributed by atoms with Gasteiger partial charge < -0.3 is 10.4 Å². The van der Waals surface area contributed by atoms with Crippen molar-refractivity contribution in [2.75, 3.05) is 5.32 Å². The Kier molecular flexibility index (Phi) is 3.94. The molecule has 0 unspecified atom stereocenters. The van der Waals surface area contributed by atoms with Gasteiger partial charge in [-0.25, -0.2) is 0 Å². The number of nitrogens with one attached hydrogen (secondary N) is 1. The Bertz CT molecular complexity index is 677. The van der Waals surface area contributed by atoms with Gasteiger partial charge in [0.1, 0.15) is 5.60 Å². The third-order valence-electron chi connectivity index (χ3n) is 4.29. The number of aromatic nitrogens is 1. The van der Waals surface area contributed by atoms with E-state index in [9.17, 15) is 9.90 Å². The molecule has 0 saturated heterocycles. The van der Waals surface area contributed by atoms with E-state index in [0.717, 1.165) is 29.7 Å². The summed E-state index contributed by atoms with van der Waals surface area (Å²) in [6, 6.07) is 11.5. The third-order valence-corrected chi connectivity index (χ3v) is 4.29. The summed E-state index contributed by atoms with van der Waals surface area (Å²) in [5.74, 6) is -0.305. The lowest BCUT2D eigenvalue weighted by molar-refractivity contribution is -0.133. The van der Waals surface area contributed by atoms with Crippen molar-refractivity contribution in [2.24, 2.45) is 0 Å². The highest BCUT2D eigenvalue weighted by molar-refractivity contribution is 5.97. The Morgan fingerprint density at radius 1 is 1.23 bits per heavy atom. The molecule has 1 aromatic carbocycles. The maximum atomic E-state index is 12.3. The number of carbonyl (C=O) groups is 1. The normalized spacial score (nSPS) is 16.5. The molecule has 0 radical (unpaired) electrons. The summed E-state index contributed by atoms with van der Waals surface area (Å²) in [7, 11) is 0. The van der Waals surface area contributed by atoms with Gasteiger partial charge in [-0.05, 0) is 62.4 Å². The number of hydrogen-bond acceptors (Lipinski definition) is 3. The van der Waals surface area contributed by atoms with Gasteiger partial charge in [0.05, 0.1) is 5.69 Å². The molecule has 1 aliphatic rings. The summed E-state index contributed by atoms with van der Waals surface area (Å²) in [5, 5.41) is 13.2. The minimum Gasteiger partial charge on any atom is -0.380 e. The highest BCUT2D eigenvalue weighted by Gasteiger charge is 2.38. The molecule has 1 heterocycles. The predicted molar refractivity (Wildman–Crippen MR) is 86.5 cm³/mol. The second-order valence-corrected chi connectivity index (χ2v) is 5.94. The van der Waals surface area contributed by atoms with Gasteiger partial charge in [0.2, 0.25) is 0 Å². The Hall–Kier alpha value is -2.20. The molecule has 1 aliphatic carbocycles. The molecule has 0 spiro atoms. The smallest absolute Gasteiger partial charge is 0.256 e. The topological polar surface area (TPSA) is 62.2 Å². The van der Waals surface area contributed by atoms with Crippen molar-refractivity contribution in [2.45, 2.75) is 38.2 Å². The molecule has 3 rings (SSSR count). The standard InChI is InChI=1S/C18H20N2O2/c1-13-7-8-14(12-15(13)16-6-2-5-11-19-16)20-17(21)18(22)9-3-4-10-18/h2,5-8,11-12,22H,3-4,9-10H2,1H3,(H,20,21). The molecule has 0 bridgehead atoms. The molecule has 4 nitrogen and oxygen atoms in total. The number of aryl methyl sites for hydroxylation is 1. The van der Waals surface area contributed by atoms with Crippen LogP contribution in [0.4, 0.5) is 5.69 Å². The molecular formula is C18H20N2O2. The van der Waals surface area contributed by atoms with Crippen LogP contribution in [0, 0.1) is 6.92 Å². The summed E-state index contributed by atoms with van der Waals surface area (Å²) >= 11 is 0. The Balaban J connectivity index is 1.85.